The van der Waals surface area contributed by atoms with Crippen molar-refractivity contribution in [1.29, 1.82) is 0 Å². The molecule has 27 heavy (non-hydrogen) atoms. The first-order valence-electron chi connectivity index (χ1n) is 8.98. The average Bonchev–Trinajstić information content (AvgIpc) is 3.39. The van der Waals surface area contributed by atoms with Crippen LogP contribution in [0, 0.1) is 5.92 Å². The molecule has 0 aromatic carbocycles. The normalized spacial score (nSPS) is 26.7. The van der Waals surface area contributed by atoms with Crippen molar-refractivity contribution < 1.29 is 21.6 Å². The van der Waals surface area contributed by atoms with Crippen LogP contribution in [0.4, 0.5) is 0 Å². The maximum absolute atomic E-state index is 11.9. The summed E-state index contributed by atoms with van der Waals surface area (Å²) in [5, 5.41) is 8.08. The molecule has 0 aromatic heterocycles. The maximum atomic E-state index is 11.9. The smallest absolute Gasteiger partial charge is 0.245 e. The molecule has 2 heterocycles. The number of primary sulfonamides is 1. The summed E-state index contributed by atoms with van der Waals surface area (Å²) in [4.78, 5) is 0. The van der Waals surface area contributed by atoms with Gasteiger partial charge in [-0.3, -0.25) is 0 Å². The van der Waals surface area contributed by atoms with Crippen LogP contribution in [0.25, 0.3) is 0 Å². The molecule has 0 radical (unpaired) electrons. The fourth-order valence-corrected chi connectivity index (χ4v) is 6.37. The van der Waals surface area contributed by atoms with Crippen molar-refractivity contribution in [2.75, 3.05) is 26.0 Å². The van der Waals surface area contributed by atoms with Gasteiger partial charge in [-0.05, 0) is 68.7 Å². The molecule has 8 nitrogen and oxygen atoms in total. The maximum Gasteiger partial charge on any atom is 0.245 e. The number of hydrogen-bond acceptors (Lipinski definition) is 8. The zero-order valence-corrected chi connectivity index (χ0v) is 17.9. The molecule has 1 aliphatic carbocycles. The first kappa shape index (κ1) is 22.7. The van der Waals surface area contributed by atoms with E-state index in [2.05, 4.69) is 10.0 Å². The fourth-order valence-electron chi connectivity index (χ4n) is 2.94. The SMILES string of the molecule is COCCC[C@@H]1CC(NCC2CC2)CS1(=O)=O.NS(=O)(=O)C1=CC=CNS1. The summed E-state index contributed by atoms with van der Waals surface area (Å²) in [5.41, 5.74) is 0. The summed E-state index contributed by atoms with van der Waals surface area (Å²) in [6.07, 6.45) is 9.64. The van der Waals surface area contributed by atoms with Crippen molar-refractivity contribution >= 4 is 31.8 Å². The van der Waals surface area contributed by atoms with Crippen molar-refractivity contribution in [3.05, 3.63) is 22.6 Å². The lowest BCUT2D eigenvalue weighted by molar-refractivity contribution is 0.192. The van der Waals surface area contributed by atoms with E-state index < -0.39 is 19.9 Å². The predicted molar refractivity (Wildman–Crippen MR) is 109 cm³/mol. The monoisotopic (exact) mass is 439 g/mol. The van der Waals surface area contributed by atoms with E-state index in [1.54, 1.807) is 19.4 Å². The van der Waals surface area contributed by atoms with Crippen molar-refractivity contribution in [2.45, 2.75) is 43.4 Å². The molecule has 3 aliphatic rings. The first-order chi connectivity index (χ1) is 12.7. The summed E-state index contributed by atoms with van der Waals surface area (Å²) in [7, 11) is -4.72. The van der Waals surface area contributed by atoms with Gasteiger partial charge in [0.2, 0.25) is 10.0 Å². The van der Waals surface area contributed by atoms with Gasteiger partial charge in [0, 0.05) is 26.0 Å². The van der Waals surface area contributed by atoms with E-state index >= 15 is 0 Å². The minimum Gasteiger partial charge on any atom is -0.385 e. The van der Waals surface area contributed by atoms with Gasteiger partial charge in [-0.25, -0.2) is 22.0 Å². The number of sulfonamides is 1. The van der Waals surface area contributed by atoms with Crippen molar-refractivity contribution in [3.63, 3.8) is 0 Å². The summed E-state index contributed by atoms with van der Waals surface area (Å²) in [5.74, 6) is 1.14. The van der Waals surface area contributed by atoms with Gasteiger partial charge in [-0.2, -0.15) is 0 Å². The van der Waals surface area contributed by atoms with Gasteiger partial charge in [0.05, 0.1) is 11.0 Å². The van der Waals surface area contributed by atoms with Crippen LogP contribution in [0.2, 0.25) is 0 Å². The summed E-state index contributed by atoms with van der Waals surface area (Å²) in [6.45, 7) is 1.66. The van der Waals surface area contributed by atoms with Gasteiger partial charge < -0.3 is 14.8 Å². The summed E-state index contributed by atoms with van der Waals surface area (Å²) in [6, 6.07) is 0.188. The Hall–Kier alpha value is -0.590. The molecule has 2 atom stereocenters. The highest BCUT2D eigenvalue weighted by molar-refractivity contribution is 8.17. The second kappa shape index (κ2) is 10.3. The fraction of sp³-hybridized carbons (Fsp3) is 0.750. The van der Waals surface area contributed by atoms with E-state index in [1.165, 1.54) is 18.9 Å². The van der Waals surface area contributed by atoms with Crippen LogP contribution >= 0.6 is 11.9 Å². The molecule has 2 fully saturated rings. The molecule has 3 rings (SSSR count). The number of sulfone groups is 1. The highest BCUT2D eigenvalue weighted by Gasteiger charge is 2.38. The number of nitrogens with two attached hydrogens (primary N) is 1. The third kappa shape index (κ3) is 8.12. The summed E-state index contributed by atoms with van der Waals surface area (Å²) < 4.78 is 52.9. The molecule has 4 N–H and O–H groups in total. The van der Waals surface area contributed by atoms with Gasteiger partial charge in [0.1, 0.15) is 4.24 Å². The Kier molecular flexibility index (Phi) is 8.63. The molecule has 0 bridgehead atoms. The predicted octanol–water partition coefficient (Wildman–Crippen LogP) is 0.850. The zero-order chi connectivity index (χ0) is 19.9. The van der Waals surface area contributed by atoms with Gasteiger partial charge in [-0.1, -0.05) is 0 Å². The Morgan fingerprint density at radius 2 is 2.15 bits per heavy atom. The van der Waals surface area contributed by atoms with E-state index in [4.69, 9.17) is 9.88 Å². The van der Waals surface area contributed by atoms with Gasteiger partial charge in [-0.15, -0.1) is 0 Å². The van der Waals surface area contributed by atoms with E-state index in [0.29, 0.717) is 12.4 Å². The molecule has 156 valence electrons. The average molecular weight is 440 g/mol. The number of rotatable bonds is 8. The largest absolute Gasteiger partial charge is 0.385 e. The molecule has 0 spiro atoms. The molecule has 11 heteroatoms. The highest BCUT2D eigenvalue weighted by Crippen LogP contribution is 2.29. The summed E-state index contributed by atoms with van der Waals surface area (Å²) >= 11 is 0.981. The molecular weight excluding hydrogens is 410 g/mol. The van der Waals surface area contributed by atoms with E-state index in [0.717, 1.165) is 43.7 Å². The van der Waals surface area contributed by atoms with Crippen LogP contribution in [0.15, 0.2) is 22.6 Å². The molecular formula is C16H29N3O5S3. The van der Waals surface area contributed by atoms with Gasteiger partial charge in [0.15, 0.2) is 9.84 Å². The number of ether oxygens (including phenoxy) is 1. The van der Waals surface area contributed by atoms with Gasteiger partial charge in [0.25, 0.3) is 0 Å². The van der Waals surface area contributed by atoms with Gasteiger partial charge >= 0.3 is 0 Å². The lowest BCUT2D eigenvalue weighted by Gasteiger charge is -2.10. The Balaban J connectivity index is 0.000000223. The Labute approximate surface area is 166 Å². The number of allylic oxidation sites excluding steroid dienone is 2. The molecule has 1 saturated heterocycles. The number of hydrogen-bond donors (Lipinski definition) is 3. The van der Waals surface area contributed by atoms with Crippen molar-refractivity contribution in [3.8, 4) is 0 Å². The van der Waals surface area contributed by atoms with Crippen molar-refractivity contribution in [1.82, 2.24) is 10.0 Å². The topological polar surface area (TPSA) is 128 Å². The Morgan fingerprint density at radius 3 is 2.67 bits per heavy atom. The molecule has 2 aliphatic heterocycles. The molecule has 1 unspecified atom stereocenters. The minimum absolute atomic E-state index is 0.134. The Bertz CT molecular complexity index is 745. The van der Waals surface area contributed by atoms with E-state index in [9.17, 15) is 16.8 Å². The minimum atomic E-state index is -3.52. The van der Waals surface area contributed by atoms with Crippen LogP contribution in [-0.2, 0) is 24.6 Å². The van der Waals surface area contributed by atoms with Crippen LogP contribution < -0.4 is 15.2 Å². The highest BCUT2D eigenvalue weighted by atomic mass is 32.3. The zero-order valence-electron chi connectivity index (χ0n) is 15.5. The standard InChI is InChI=1S/C12H23NO3S.C4H6N2O2S2/c1-16-6-2-3-12-7-11(9-17(12,14)15)13-8-10-4-5-10;5-10(7,8)4-2-1-3-6-9-4/h10-13H,2-9H2,1H3;1-3,6H,(H2,5,7,8)/t11?,12-;/m1./s1. The molecule has 1 saturated carbocycles. The van der Waals surface area contributed by atoms with Crippen LogP contribution in [0.3, 0.4) is 0 Å². The lowest BCUT2D eigenvalue weighted by Crippen LogP contribution is -2.31. The quantitative estimate of drug-likeness (QED) is 0.375. The second-order valence-electron chi connectivity index (χ2n) is 6.98. The van der Waals surface area contributed by atoms with Crippen LogP contribution in [0.1, 0.15) is 32.1 Å². The third-order valence-corrected chi connectivity index (χ3v) is 9.14. The Morgan fingerprint density at radius 1 is 1.41 bits per heavy atom. The number of methoxy groups -OCH3 is 1. The number of nitrogens with one attached hydrogen (secondary N) is 2. The van der Waals surface area contributed by atoms with E-state index in [-0.39, 0.29) is 15.5 Å². The molecule has 0 aromatic rings. The van der Waals surface area contributed by atoms with Crippen molar-refractivity contribution in [2.24, 2.45) is 11.1 Å². The van der Waals surface area contributed by atoms with Crippen LogP contribution in [0.5, 0.6) is 0 Å². The second-order valence-corrected chi connectivity index (χ2v) is 12.0. The first-order valence-corrected chi connectivity index (χ1v) is 13.1. The molecule has 0 amide bonds. The lowest BCUT2D eigenvalue weighted by atomic mass is 10.1. The van der Waals surface area contributed by atoms with E-state index in [1.807, 2.05) is 0 Å². The third-order valence-electron chi connectivity index (χ3n) is 4.59. The van der Waals surface area contributed by atoms with Crippen LogP contribution in [-0.4, -0.2) is 54.1 Å².